The highest BCUT2D eigenvalue weighted by molar-refractivity contribution is 5.97. The van der Waals surface area contributed by atoms with Crippen molar-refractivity contribution in [3.8, 4) is 5.69 Å². The molecule has 0 bridgehead atoms. The maximum absolute atomic E-state index is 12.7. The first kappa shape index (κ1) is 23.2. The van der Waals surface area contributed by atoms with E-state index in [9.17, 15) is 14.4 Å². The van der Waals surface area contributed by atoms with Gasteiger partial charge in [-0.2, -0.15) is 0 Å². The van der Waals surface area contributed by atoms with Crippen LogP contribution in [-0.4, -0.2) is 28.3 Å². The summed E-state index contributed by atoms with van der Waals surface area (Å²) in [5.74, 6) is -0.972. The summed E-state index contributed by atoms with van der Waals surface area (Å²) >= 11 is 0. The molecule has 1 aromatic heterocycles. The lowest BCUT2D eigenvalue weighted by Crippen LogP contribution is -2.54. The maximum Gasteiger partial charge on any atom is 0.271 e. The number of hydrogen-bond acceptors (Lipinski definition) is 3. The molecule has 1 heterocycles. The monoisotopic (exact) mass is 412 g/mol. The fraction of sp³-hybridized carbons (Fsp3) is 0.435. The van der Waals surface area contributed by atoms with E-state index in [-0.39, 0.29) is 17.7 Å². The van der Waals surface area contributed by atoms with Crippen molar-refractivity contribution in [2.45, 2.75) is 54.0 Å². The lowest BCUT2D eigenvalue weighted by atomic mass is 10.0. The van der Waals surface area contributed by atoms with Crippen LogP contribution in [0, 0.1) is 25.7 Å². The lowest BCUT2D eigenvalue weighted by molar-refractivity contribution is -0.130. The first-order valence-electron chi connectivity index (χ1n) is 10.3. The summed E-state index contributed by atoms with van der Waals surface area (Å²) in [6.07, 6.45) is 0.342. The molecule has 0 radical (unpaired) electrons. The van der Waals surface area contributed by atoms with Gasteiger partial charge < -0.3 is 9.88 Å². The second-order valence-electron chi connectivity index (χ2n) is 8.29. The van der Waals surface area contributed by atoms with E-state index in [1.54, 1.807) is 6.07 Å². The molecule has 7 heteroatoms. The van der Waals surface area contributed by atoms with E-state index < -0.39 is 17.9 Å². The van der Waals surface area contributed by atoms with Gasteiger partial charge in [-0.05, 0) is 43.9 Å². The fourth-order valence-corrected chi connectivity index (χ4v) is 3.37. The van der Waals surface area contributed by atoms with Gasteiger partial charge in [-0.3, -0.25) is 25.2 Å². The Hall–Kier alpha value is -3.09. The highest BCUT2D eigenvalue weighted by Gasteiger charge is 2.25. The van der Waals surface area contributed by atoms with E-state index >= 15 is 0 Å². The Labute approximate surface area is 178 Å². The van der Waals surface area contributed by atoms with Crippen molar-refractivity contribution in [1.29, 1.82) is 0 Å². The fourth-order valence-electron chi connectivity index (χ4n) is 3.37. The molecule has 2 rings (SSSR count). The van der Waals surface area contributed by atoms with E-state index in [1.807, 2.05) is 76.4 Å². The average Bonchev–Trinajstić information content (AvgIpc) is 2.98. The van der Waals surface area contributed by atoms with Crippen molar-refractivity contribution >= 4 is 17.7 Å². The van der Waals surface area contributed by atoms with Crippen LogP contribution in [0.2, 0.25) is 0 Å². The minimum Gasteiger partial charge on any atom is -0.344 e. The van der Waals surface area contributed by atoms with Gasteiger partial charge in [-0.1, -0.05) is 45.9 Å². The van der Waals surface area contributed by atoms with Gasteiger partial charge in [0.15, 0.2) is 0 Å². The van der Waals surface area contributed by atoms with Crippen LogP contribution >= 0.6 is 0 Å². The summed E-state index contributed by atoms with van der Waals surface area (Å²) in [7, 11) is 0. The number of benzene rings is 1. The Bertz CT molecular complexity index is 901. The molecule has 3 amide bonds. The van der Waals surface area contributed by atoms with Crippen LogP contribution in [0.4, 0.5) is 0 Å². The Morgan fingerprint density at radius 1 is 0.967 bits per heavy atom. The summed E-state index contributed by atoms with van der Waals surface area (Å²) in [5.41, 5.74) is 8.05. The minimum atomic E-state index is -0.728. The number of hydrogen-bond donors (Lipinski definition) is 3. The van der Waals surface area contributed by atoms with E-state index in [4.69, 9.17) is 0 Å². The summed E-state index contributed by atoms with van der Waals surface area (Å²) in [4.78, 5) is 37.3. The standard InChI is InChI=1S/C23H32N4O3/c1-14(2)12-20(28)24-21(15(3)4)23(30)26-25-22(29)19-13-16(5)27(17(19)6)18-10-8-7-9-11-18/h7-11,13-15,21H,12H2,1-6H3,(H,24,28)(H,25,29)(H,26,30). The second kappa shape index (κ2) is 10.1. The molecule has 0 fully saturated rings. The quantitative estimate of drug-likeness (QED) is 0.611. The number of rotatable bonds is 7. The van der Waals surface area contributed by atoms with E-state index in [0.717, 1.165) is 17.1 Å². The number of nitrogens with one attached hydrogen (secondary N) is 3. The molecule has 30 heavy (non-hydrogen) atoms. The molecule has 0 saturated heterocycles. The van der Waals surface area contributed by atoms with Gasteiger partial charge in [0.25, 0.3) is 11.8 Å². The van der Waals surface area contributed by atoms with Crippen LogP contribution in [0.5, 0.6) is 0 Å². The molecule has 162 valence electrons. The number of carbonyl (C=O) groups excluding carboxylic acids is 3. The van der Waals surface area contributed by atoms with Crippen LogP contribution in [0.15, 0.2) is 36.4 Å². The van der Waals surface area contributed by atoms with E-state index in [1.165, 1.54) is 0 Å². The second-order valence-corrected chi connectivity index (χ2v) is 8.29. The zero-order valence-corrected chi connectivity index (χ0v) is 18.6. The average molecular weight is 413 g/mol. The molecule has 0 aliphatic carbocycles. The maximum atomic E-state index is 12.7. The molecule has 0 aliphatic rings. The highest BCUT2D eigenvalue weighted by atomic mass is 16.2. The largest absolute Gasteiger partial charge is 0.344 e. The molecular weight excluding hydrogens is 380 g/mol. The predicted octanol–water partition coefficient (Wildman–Crippen LogP) is 3.04. The molecule has 1 unspecified atom stereocenters. The lowest BCUT2D eigenvalue weighted by Gasteiger charge is -2.22. The number of carbonyl (C=O) groups is 3. The molecule has 1 atom stereocenters. The summed E-state index contributed by atoms with van der Waals surface area (Å²) < 4.78 is 1.99. The number of amides is 3. The first-order valence-corrected chi connectivity index (χ1v) is 10.3. The number of aryl methyl sites for hydroxylation is 1. The summed E-state index contributed by atoms with van der Waals surface area (Å²) in [6.45, 7) is 11.4. The highest BCUT2D eigenvalue weighted by Crippen LogP contribution is 2.20. The SMILES string of the molecule is Cc1cc(C(=O)NNC(=O)C(NC(=O)CC(C)C)C(C)C)c(C)n1-c1ccccc1. The van der Waals surface area contributed by atoms with Crippen molar-refractivity contribution in [3.05, 3.63) is 53.3 Å². The van der Waals surface area contributed by atoms with Crippen LogP contribution in [0.25, 0.3) is 5.69 Å². The van der Waals surface area contributed by atoms with Gasteiger partial charge in [0.05, 0.1) is 5.56 Å². The third kappa shape index (κ3) is 5.72. The third-order valence-corrected chi connectivity index (χ3v) is 4.85. The van der Waals surface area contributed by atoms with Crippen molar-refractivity contribution < 1.29 is 14.4 Å². The van der Waals surface area contributed by atoms with Crippen LogP contribution < -0.4 is 16.2 Å². The van der Waals surface area contributed by atoms with Crippen LogP contribution in [0.1, 0.15) is 55.9 Å². The van der Waals surface area contributed by atoms with Crippen molar-refractivity contribution in [2.24, 2.45) is 11.8 Å². The van der Waals surface area contributed by atoms with E-state index in [0.29, 0.717) is 12.0 Å². The Balaban J connectivity index is 2.07. The van der Waals surface area contributed by atoms with Crippen molar-refractivity contribution in [2.75, 3.05) is 0 Å². The van der Waals surface area contributed by atoms with Gasteiger partial charge in [0, 0.05) is 23.5 Å². The first-order chi connectivity index (χ1) is 14.1. The number of para-hydroxylation sites is 1. The Morgan fingerprint density at radius 3 is 2.17 bits per heavy atom. The Kier molecular flexibility index (Phi) is 7.80. The molecule has 1 aromatic carbocycles. The zero-order chi connectivity index (χ0) is 22.4. The molecule has 3 N–H and O–H groups in total. The number of nitrogens with zero attached hydrogens (tertiary/aromatic N) is 1. The molecule has 2 aromatic rings. The van der Waals surface area contributed by atoms with E-state index in [2.05, 4.69) is 16.2 Å². The normalized spacial score (nSPS) is 12.0. The molecule has 0 saturated carbocycles. The minimum absolute atomic E-state index is 0.124. The van der Waals surface area contributed by atoms with Gasteiger partial charge in [-0.15, -0.1) is 0 Å². The van der Waals surface area contributed by atoms with Crippen LogP contribution in [-0.2, 0) is 9.59 Å². The van der Waals surface area contributed by atoms with Gasteiger partial charge >= 0.3 is 0 Å². The summed E-state index contributed by atoms with van der Waals surface area (Å²) in [5, 5.41) is 2.75. The van der Waals surface area contributed by atoms with Gasteiger partial charge in [0.2, 0.25) is 5.91 Å². The Morgan fingerprint density at radius 2 is 1.60 bits per heavy atom. The molecule has 0 aliphatic heterocycles. The number of hydrazine groups is 1. The van der Waals surface area contributed by atoms with Crippen molar-refractivity contribution in [3.63, 3.8) is 0 Å². The van der Waals surface area contributed by atoms with Gasteiger partial charge in [-0.25, -0.2) is 0 Å². The van der Waals surface area contributed by atoms with Gasteiger partial charge in [0.1, 0.15) is 6.04 Å². The molecule has 0 spiro atoms. The zero-order valence-electron chi connectivity index (χ0n) is 18.6. The smallest absolute Gasteiger partial charge is 0.271 e. The molecular formula is C23H32N4O3. The summed E-state index contributed by atoms with van der Waals surface area (Å²) in [6, 6.07) is 10.8. The topological polar surface area (TPSA) is 92.2 Å². The predicted molar refractivity (Wildman–Crippen MR) is 117 cm³/mol. The van der Waals surface area contributed by atoms with Crippen LogP contribution in [0.3, 0.4) is 0 Å². The third-order valence-electron chi connectivity index (χ3n) is 4.85. The molecule has 7 nitrogen and oxygen atoms in total. The van der Waals surface area contributed by atoms with Crippen molar-refractivity contribution in [1.82, 2.24) is 20.7 Å². The number of aromatic nitrogens is 1.